The second-order valence-electron chi connectivity index (χ2n) is 6.82. The maximum Gasteiger partial charge on any atom is 0.245 e. The fourth-order valence-electron chi connectivity index (χ4n) is 2.77. The molecule has 142 valence electrons. The average Bonchev–Trinajstić information content (AvgIpc) is 2.60. The van der Waals surface area contributed by atoms with Gasteiger partial charge in [0.15, 0.2) is 0 Å². The van der Waals surface area contributed by atoms with Crippen molar-refractivity contribution < 1.29 is 18.6 Å². The van der Waals surface area contributed by atoms with Gasteiger partial charge in [-0.3, -0.25) is 0 Å². The molecule has 0 bridgehead atoms. The standard InChI is InChI=1S/C20H27NO4S/c1-16(2)15-21(26(24,25)19-13-11-18(22)12-14-19)20(23)10-6-9-17-7-4-3-5-8-17/h3-5,7-8,11-14,16,20,22-23H,6,9-10,15H2,1-2H3. The van der Waals surface area contributed by atoms with E-state index in [4.69, 9.17) is 0 Å². The first-order chi connectivity index (χ1) is 12.3. The van der Waals surface area contributed by atoms with Crippen molar-refractivity contribution in [1.29, 1.82) is 0 Å². The molecule has 1 atom stereocenters. The summed E-state index contributed by atoms with van der Waals surface area (Å²) < 4.78 is 27.0. The number of nitrogens with zero attached hydrogens (tertiary/aromatic N) is 1. The number of phenolic OH excluding ortho intramolecular Hbond substituents is 1. The lowest BCUT2D eigenvalue weighted by molar-refractivity contribution is 0.0474. The molecule has 2 N–H and O–H groups in total. The van der Waals surface area contributed by atoms with Crippen LogP contribution in [0.2, 0.25) is 0 Å². The lowest BCUT2D eigenvalue weighted by Gasteiger charge is -2.28. The Morgan fingerprint density at radius 1 is 1.00 bits per heavy atom. The quantitative estimate of drug-likeness (QED) is 0.657. The van der Waals surface area contributed by atoms with E-state index in [2.05, 4.69) is 0 Å². The summed E-state index contributed by atoms with van der Waals surface area (Å²) in [7, 11) is -3.83. The van der Waals surface area contributed by atoms with Crippen LogP contribution in [-0.4, -0.2) is 35.7 Å². The van der Waals surface area contributed by atoms with E-state index < -0.39 is 16.3 Å². The van der Waals surface area contributed by atoms with Crippen LogP contribution in [-0.2, 0) is 16.4 Å². The third-order valence-corrected chi connectivity index (χ3v) is 5.97. The molecule has 2 aromatic carbocycles. The highest BCUT2D eigenvalue weighted by Gasteiger charge is 2.30. The number of aliphatic hydroxyl groups is 1. The van der Waals surface area contributed by atoms with E-state index in [1.54, 1.807) is 0 Å². The number of hydrogen-bond acceptors (Lipinski definition) is 4. The Morgan fingerprint density at radius 3 is 2.19 bits per heavy atom. The molecular weight excluding hydrogens is 350 g/mol. The van der Waals surface area contributed by atoms with E-state index in [9.17, 15) is 18.6 Å². The zero-order chi connectivity index (χ0) is 19.2. The molecule has 0 amide bonds. The third kappa shape index (κ3) is 5.56. The number of aromatic hydroxyl groups is 1. The summed E-state index contributed by atoms with van der Waals surface area (Å²) in [5.41, 5.74) is 1.16. The smallest absolute Gasteiger partial charge is 0.245 e. The molecule has 2 aromatic rings. The first-order valence-electron chi connectivity index (χ1n) is 8.83. The number of aliphatic hydroxyl groups excluding tert-OH is 1. The van der Waals surface area contributed by atoms with Crippen LogP contribution in [0.25, 0.3) is 0 Å². The first kappa shape index (κ1) is 20.4. The molecule has 0 aromatic heterocycles. The highest BCUT2D eigenvalue weighted by molar-refractivity contribution is 7.89. The van der Waals surface area contributed by atoms with E-state index >= 15 is 0 Å². The topological polar surface area (TPSA) is 77.8 Å². The van der Waals surface area contributed by atoms with Gasteiger partial charge in [-0.25, -0.2) is 8.42 Å². The van der Waals surface area contributed by atoms with E-state index in [0.29, 0.717) is 12.8 Å². The minimum Gasteiger partial charge on any atom is -0.508 e. The van der Waals surface area contributed by atoms with Crippen LogP contribution in [0.5, 0.6) is 5.75 Å². The number of hydrogen-bond donors (Lipinski definition) is 2. The van der Waals surface area contributed by atoms with Gasteiger partial charge in [0, 0.05) is 6.54 Å². The molecule has 0 saturated carbocycles. The van der Waals surface area contributed by atoms with Crippen LogP contribution in [0.3, 0.4) is 0 Å². The van der Waals surface area contributed by atoms with Gasteiger partial charge in [-0.05, 0) is 55.0 Å². The lowest BCUT2D eigenvalue weighted by atomic mass is 10.1. The van der Waals surface area contributed by atoms with Crippen molar-refractivity contribution in [1.82, 2.24) is 4.31 Å². The van der Waals surface area contributed by atoms with Crippen LogP contribution in [0.15, 0.2) is 59.5 Å². The molecule has 2 rings (SSSR count). The van der Waals surface area contributed by atoms with Crippen LogP contribution in [0, 0.1) is 5.92 Å². The molecule has 0 aliphatic rings. The maximum atomic E-state index is 12.9. The SMILES string of the molecule is CC(C)CN(C(O)CCCc1ccccc1)S(=O)(=O)c1ccc(O)cc1. The van der Waals surface area contributed by atoms with Gasteiger partial charge in [-0.15, -0.1) is 0 Å². The highest BCUT2D eigenvalue weighted by atomic mass is 32.2. The van der Waals surface area contributed by atoms with Gasteiger partial charge in [-0.1, -0.05) is 44.2 Å². The molecule has 0 heterocycles. The Kier molecular flexibility index (Phi) is 7.20. The number of benzene rings is 2. The normalized spacial score (nSPS) is 13.3. The summed E-state index contributed by atoms with van der Waals surface area (Å²) in [6.07, 6.45) is 0.746. The van der Waals surface area contributed by atoms with Gasteiger partial charge >= 0.3 is 0 Å². The molecule has 5 nitrogen and oxygen atoms in total. The number of aryl methyl sites for hydroxylation is 1. The minimum atomic E-state index is -3.83. The highest BCUT2D eigenvalue weighted by Crippen LogP contribution is 2.23. The van der Waals surface area contributed by atoms with E-state index in [1.165, 1.54) is 24.3 Å². The molecule has 0 aliphatic carbocycles. The number of sulfonamides is 1. The lowest BCUT2D eigenvalue weighted by Crippen LogP contribution is -2.42. The van der Waals surface area contributed by atoms with Gasteiger partial charge < -0.3 is 10.2 Å². The van der Waals surface area contributed by atoms with Crippen molar-refractivity contribution in [3.8, 4) is 5.75 Å². The molecule has 0 spiro atoms. The maximum absolute atomic E-state index is 12.9. The van der Waals surface area contributed by atoms with E-state index in [1.807, 2.05) is 44.2 Å². The molecule has 6 heteroatoms. The summed E-state index contributed by atoms with van der Waals surface area (Å²) >= 11 is 0. The van der Waals surface area contributed by atoms with Gasteiger partial charge in [0.1, 0.15) is 12.0 Å². The Balaban J connectivity index is 2.10. The molecule has 0 fully saturated rings. The third-order valence-electron chi connectivity index (χ3n) is 4.09. The largest absolute Gasteiger partial charge is 0.508 e. The molecule has 26 heavy (non-hydrogen) atoms. The summed E-state index contributed by atoms with van der Waals surface area (Å²) in [5.74, 6) is 0.0773. The van der Waals surface area contributed by atoms with Crippen molar-refractivity contribution in [3.63, 3.8) is 0 Å². The summed E-state index contributed by atoms with van der Waals surface area (Å²) in [6.45, 7) is 4.06. The zero-order valence-corrected chi connectivity index (χ0v) is 16.1. The molecule has 1 unspecified atom stereocenters. The zero-order valence-electron chi connectivity index (χ0n) is 15.2. The molecule has 0 radical (unpaired) electrons. The first-order valence-corrected chi connectivity index (χ1v) is 10.3. The molecular formula is C20H27NO4S. The number of phenols is 1. The Morgan fingerprint density at radius 2 is 1.62 bits per heavy atom. The van der Waals surface area contributed by atoms with Crippen LogP contribution in [0.1, 0.15) is 32.3 Å². The van der Waals surface area contributed by atoms with Crippen molar-refractivity contribution in [3.05, 3.63) is 60.2 Å². The minimum absolute atomic E-state index is 0.00256. The summed E-state index contributed by atoms with van der Waals surface area (Å²) in [6, 6.07) is 15.3. The Labute approximate surface area is 156 Å². The van der Waals surface area contributed by atoms with Crippen molar-refractivity contribution in [2.24, 2.45) is 5.92 Å². The van der Waals surface area contributed by atoms with Crippen LogP contribution < -0.4 is 0 Å². The van der Waals surface area contributed by atoms with E-state index in [0.717, 1.165) is 16.3 Å². The van der Waals surface area contributed by atoms with E-state index in [-0.39, 0.29) is 23.1 Å². The van der Waals surface area contributed by atoms with Crippen molar-refractivity contribution in [2.45, 2.75) is 44.2 Å². The van der Waals surface area contributed by atoms with Crippen molar-refractivity contribution in [2.75, 3.05) is 6.54 Å². The Bertz CT molecular complexity index is 773. The second-order valence-corrected chi connectivity index (χ2v) is 8.71. The second kappa shape index (κ2) is 9.16. The average molecular weight is 378 g/mol. The fraction of sp³-hybridized carbons (Fsp3) is 0.400. The summed E-state index contributed by atoms with van der Waals surface area (Å²) in [5, 5.41) is 20.0. The Hall–Kier alpha value is -1.89. The predicted molar refractivity (Wildman–Crippen MR) is 102 cm³/mol. The number of rotatable bonds is 9. The van der Waals surface area contributed by atoms with Crippen molar-refractivity contribution >= 4 is 10.0 Å². The monoisotopic (exact) mass is 377 g/mol. The predicted octanol–water partition coefficient (Wildman–Crippen LogP) is 3.38. The van der Waals surface area contributed by atoms with Crippen LogP contribution >= 0.6 is 0 Å². The van der Waals surface area contributed by atoms with Gasteiger partial charge in [0.2, 0.25) is 10.0 Å². The van der Waals surface area contributed by atoms with Gasteiger partial charge in [0.25, 0.3) is 0 Å². The summed E-state index contributed by atoms with van der Waals surface area (Å²) in [4.78, 5) is 0.0676. The fourth-order valence-corrected chi connectivity index (χ4v) is 4.44. The molecule has 0 saturated heterocycles. The van der Waals surface area contributed by atoms with Crippen LogP contribution in [0.4, 0.5) is 0 Å². The van der Waals surface area contributed by atoms with Gasteiger partial charge in [0.05, 0.1) is 4.90 Å². The van der Waals surface area contributed by atoms with Gasteiger partial charge in [-0.2, -0.15) is 4.31 Å². The molecule has 0 aliphatic heterocycles.